The van der Waals surface area contributed by atoms with Gasteiger partial charge in [0.25, 0.3) is 0 Å². The Hall–Kier alpha value is -1.73. The Morgan fingerprint density at radius 3 is 1.88 bits per heavy atom. The van der Waals surface area contributed by atoms with Crippen molar-refractivity contribution in [1.29, 1.82) is 0 Å². The number of benzene rings is 1. The largest absolute Gasteiger partial charge is 0.343 e. The molecule has 1 aromatic heterocycles. The molecule has 2 N–H and O–H groups in total. The molecule has 1 aliphatic rings. The van der Waals surface area contributed by atoms with Gasteiger partial charge >= 0.3 is 0 Å². The van der Waals surface area contributed by atoms with Crippen molar-refractivity contribution < 1.29 is 17.2 Å². The molecule has 0 atom stereocenters. The number of alkyl halides is 2. The van der Waals surface area contributed by atoms with Crippen molar-refractivity contribution in [2.45, 2.75) is 102 Å². The van der Waals surface area contributed by atoms with Crippen molar-refractivity contribution in [3.63, 3.8) is 0 Å². The fourth-order valence-electron chi connectivity index (χ4n) is 4.56. The summed E-state index contributed by atoms with van der Waals surface area (Å²) < 4.78 is 54.1. The minimum Gasteiger partial charge on any atom is -0.343 e. The molecule has 184 valence electrons. The molecular formula is C26H38F2N2O2S. The van der Waals surface area contributed by atoms with Crippen LogP contribution < -0.4 is 5.14 Å². The zero-order chi connectivity index (χ0) is 25.0. The molecule has 0 saturated heterocycles. The van der Waals surface area contributed by atoms with Crippen LogP contribution in [0.15, 0.2) is 29.2 Å². The lowest BCUT2D eigenvalue weighted by molar-refractivity contribution is -0.0473. The zero-order valence-electron chi connectivity index (χ0n) is 20.9. The van der Waals surface area contributed by atoms with Crippen molar-refractivity contribution in [3.05, 3.63) is 41.1 Å². The first kappa shape index (κ1) is 25.9. The molecule has 0 amide bonds. The smallest absolute Gasteiger partial charge is 0.248 e. The van der Waals surface area contributed by atoms with Gasteiger partial charge in [0, 0.05) is 30.8 Å². The topological polar surface area (TPSA) is 65.1 Å². The number of hydrogen-bond donors (Lipinski definition) is 1. The number of aromatic nitrogens is 1. The van der Waals surface area contributed by atoms with Crippen molar-refractivity contribution in [3.8, 4) is 11.3 Å². The van der Waals surface area contributed by atoms with Crippen LogP contribution in [-0.4, -0.2) is 18.9 Å². The van der Waals surface area contributed by atoms with E-state index in [1.54, 1.807) is 13.0 Å². The Bertz CT molecular complexity index is 1090. The highest BCUT2D eigenvalue weighted by Crippen LogP contribution is 2.40. The molecule has 1 aliphatic carbocycles. The van der Waals surface area contributed by atoms with E-state index in [9.17, 15) is 17.2 Å². The van der Waals surface area contributed by atoms with Gasteiger partial charge in [-0.05, 0) is 71.4 Å². The first-order chi connectivity index (χ1) is 14.9. The van der Waals surface area contributed by atoms with E-state index < -0.39 is 15.9 Å². The van der Waals surface area contributed by atoms with Crippen LogP contribution in [0.5, 0.6) is 0 Å². The lowest BCUT2D eigenvalue weighted by atomic mass is 9.79. The van der Waals surface area contributed by atoms with E-state index in [0.717, 1.165) is 22.4 Å². The first-order valence-electron chi connectivity index (χ1n) is 11.7. The third kappa shape index (κ3) is 5.86. The second kappa shape index (κ2) is 8.49. The fourth-order valence-corrected chi connectivity index (χ4v) is 5.36. The number of hydrogen-bond acceptors (Lipinski definition) is 2. The summed E-state index contributed by atoms with van der Waals surface area (Å²) >= 11 is 0. The lowest BCUT2D eigenvalue weighted by Gasteiger charge is -2.30. The summed E-state index contributed by atoms with van der Waals surface area (Å²) in [5, 5.41) is 5.54. The van der Waals surface area contributed by atoms with Crippen LogP contribution in [0.2, 0.25) is 0 Å². The molecule has 4 nitrogen and oxygen atoms in total. The van der Waals surface area contributed by atoms with Gasteiger partial charge < -0.3 is 4.57 Å². The predicted molar refractivity (Wildman–Crippen MR) is 130 cm³/mol. The number of primary sulfonamides is 1. The summed E-state index contributed by atoms with van der Waals surface area (Å²) in [5.41, 5.74) is 4.37. The summed E-state index contributed by atoms with van der Waals surface area (Å²) in [6.07, 6.45) is 0.597. The van der Waals surface area contributed by atoms with Crippen molar-refractivity contribution in [2.75, 3.05) is 0 Å². The predicted octanol–water partition coefficient (Wildman–Crippen LogP) is 6.53. The molecule has 1 heterocycles. The van der Waals surface area contributed by atoms with Gasteiger partial charge in [-0.3, -0.25) is 0 Å². The molecule has 0 unspecified atom stereocenters. The number of halogens is 2. The third-order valence-corrected chi connectivity index (χ3v) is 7.89. The Kier molecular flexibility index (Phi) is 6.66. The molecule has 1 fully saturated rings. The molecule has 0 radical (unpaired) electrons. The molecule has 1 saturated carbocycles. The summed E-state index contributed by atoms with van der Waals surface area (Å²) in [5.74, 6) is -2.53. The highest BCUT2D eigenvalue weighted by Gasteiger charge is 2.35. The van der Waals surface area contributed by atoms with Gasteiger partial charge in [0.05, 0.1) is 0 Å². The van der Waals surface area contributed by atoms with Crippen LogP contribution in [0.25, 0.3) is 11.3 Å². The molecular weight excluding hydrogens is 442 g/mol. The summed E-state index contributed by atoms with van der Waals surface area (Å²) in [7, 11) is -3.92. The zero-order valence-corrected chi connectivity index (χ0v) is 21.7. The maximum atomic E-state index is 13.7. The van der Waals surface area contributed by atoms with Crippen molar-refractivity contribution >= 4 is 10.0 Å². The van der Waals surface area contributed by atoms with E-state index >= 15 is 0 Å². The van der Waals surface area contributed by atoms with Gasteiger partial charge in [-0.1, -0.05) is 47.6 Å². The average Bonchev–Trinajstić information content (AvgIpc) is 2.98. The van der Waals surface area contributed by atoms with Gasteiger partial charge in [-0.15, -0.1) is 0 Å². The number of nitrogens with zero attached hydrogens (tertiary/aromatic N) is 1. The quantitative estimate of drug-likeness (QED) is 0.540. The van der Waals surface area contributed by atoms with E-state index in [1.807, 2.05) is 4.57 Å². The molecule has 0 bridgehead atoms. The molecule has 0 spiro atoms. The van der Waals surface area contributed by atoms with E-state index in [1.165, 1.54) is 0 Å². The van der Waals surface area contributed by atoms with Gasteiger partial charge in [-0.2, -0.15) is 0 Å². The Balaban J connectivity index is 2.18. The van der Waals surface area contributed by atoms with Crippen LogP contribution >= 0.6 is 0 Å². The Labute approximate surface area is 197 Å². The van der Waals surface area contributed by atoms with E-state index in [2.05, 4.69) is 59.7 Å². The maximum absolute atomic E-state index is 13.7. The fraction of sp³-hybridized carbons (Fsp3) is 0.615. The SMILES string of the molecule is Cc1c(S(N)(=O)=O)cc(-c2cc(C(C)(C)C)cc(C(C)(C)C)c2)n1CC1CCC(F)(F)CC1. The summed E-state index contributed by atoms with van der Waals surface area (Å²) in [6.45, 7) is 15.2. The molecule has 3 rings (SSSR count). The normalized spacial score (nSPS) is 18.0. The number of rotatable bonds is 4. The van der Waals surface area contributed by atoms with Gasteiger partial charge in [0.1, 0.15) is 4.90 Å². The highest BCUT2D eigenvalue weighted by atomic mass is 32.2. The van der Waals surface area contributed by atoms with Crippen molar-refractivity contribution in [1.82, 2.24) is 4.57 Å². The second-order valence-corrected chi connectivity index (χ2v) is 13.3. The minimum atomic E-state index is -3.92. The third-order valence-electron chi connectivity index (χ3n) is 6.86. The van der Waals surface area contributed by atoms with Gasteiger partial charge in [-0.25, -0.2) is 22.3 Å². The van der Waals surface area contributed by atoms with Crippen LogP contribution in [-0.2, 0) is 27.4 Å². The average molecular weight is 481 g/mol. The maximum Gasteiger partial charge on any atom is 0.248 e. The van der Waals surface area contributed by atoms with Crippen LogP contribution in [0.4, 0.5) is 8.78 Å². The monoisotopic (exact) mass is 480 g/mol. The highest BCUT2D eigenvalue weighted by molar-refractivity contribution is 7.89. The second-order valence-electron chi connectivity index (χ2n) is 11.7. The van der Waals surface area contributed by atoms with Crippen molar-refractivity contribution in [2.24, 2.45) is 11.1 Å². The van der Waals surface area contributed by atoms with Crippen LogP contribution in [0, 0.1) is 12.8 Å². The molecule has 0 aliphatic heterocycles. The van der Waals surface area contributed by atoms with Gasteiger partial charge in [0.15, 0.2) is 0 Å². The standard InChI is InChI=1S/C26H38F2N2O2S/c1-17-23(33(29,31)32)15-22(30(17)16-18-8-10-26(27,28)11-9-18)19-12-20(24(2,3)4)14-21(13-19)25(5,6)7/h12-15,18H,8-11,16H2,1-7H3,(H2,29,31,32). The first-order valence-corrected chi connectivity index (χ1v) is 13.2. The molecule has 2 aromatic rings. The lowest BCUT2D eigenvalue weighted by Crippen LogP contribution is -2.27. The minimum absolute atomic E-state index is 0.0655. The van der Waals surface area contributed by atoms with E-state index in [4.69, 9.17) is 5.14 Å². The number of sulfonamides is 1. The summed E-state index contributed by atoms with van der Waals surface area (Å²) in [4.78, 5) is 0.0945. The Morgan fingerprint density at radius 2 is 1.45 bits per heavy atom. The molecule has 33 heavy (non-hydrogen) atoms. The molecule has 1 aromatic carbocycles. The molecule has 7 heteroatoms. The van der Waals surface area contributed by atoms with E-state index in [0.29, 0.717) is 25.1 Å². The Morgan fingerprint density at radius 1 is 0.970 bits per heavy atom. The van der Waals surface area contributed by atoms with E-state index in [-0.39, 0.29) is 34.5 Å². The summed E-state index contributed by atoms with van der Waals surface area (Å²) in [6, 6.07) is 8.09. The number of nitrogens with two attached hydrogens (primary N) is 1. The van der Waals surface area contributed by atoms with Crippen LogP contribution in [0.1, 0.15) is 84.0 Å². The van der Waals surface area contributed by atoms with Gasteiger partial charge in [0.2, 0.25) is 15.9 Å². The van der Waals surface area contributed by atoms with Crippen LogP contribution in [0.3, 0.4) is 0 Å².